The molecule has 0 saturated carbocycles. The van der Waals surface area contributed by atoms with Gasteiger partial charge in [0, 0.05) is 11.8 Å². The molecule has 1 aromatic heterocycles. The van der Waals surface area contributed by atoms with E-state index in [4.69, 9.17) is 4.74 Å². The highest BCUT2D eigenvalue weighted by molar-refractivity contribution is 7.09. The van der Waals surface area contributed by atoms with Gasteiger partial charge < -0.3 is 15.4 Å². The maximum atomic E-state index is 11.8. The molecule has 21 heavy (non-hydrogen) atoms. The third-order valence-electron chi connectivity index (χ3n) is 3.42. The fourth-order valence-corrected chi connectivity index (χ4v) is 2.95. The summed E-state index contributed by atoms with van der Waals surface area (Å²) in [4.78, 5) is 27.4. The lowest BCUT2D eigenvalue weighted by Crippen LogP contribution is -2.23. The van der Waals surface area contributed by atoms with Gasteiger partial charge in [0.05, 0.1) is 13.2 Å². The van der Waals surface area contributed by atoms with Crippen LogP contribution in [0, 0.1) is 5.92 Å². The van der Waals surface area contributed by atoms with Gasteiger partial charge in [-0.1, -0.05) is 0 Å². The Kier molecular flexibility index (Phi) is 6.13. The lowest BCUT2D eigenvalue weighted by Gasteiger charge is -2.07. The number of thiazole rings is 1. The number of aromatic nitrogens is 1. The van der Waals surface area contributed by atoms with Crippen molar-refractivity contribution < 1.29 is 14.3 Å². The summed E-state index contributed by atoms with van der Waals surface area (Å²) in [6.45, 7) is 4.53. The first-order valence-corrected chi connectivity index (χ1v) is 8.16. The Morgan fingerprint density at radius 1 is 1.57 bits per heavy atom. The summed E-state index contributed by atoms with van der Waals surface area (Å²) in [5.41, 5.74) is 0.308. The molecule has 7 heteroatoms. The Morgan fingerprint density at radius 2 is 2.43 bits per heavy atom. The zero-order valence-corrected chi connectivity index (χ0v) is 13.0. The molecule has 0 aromatic carbocycles. The van der Waals surface area contributed by atoms with Gasteiger partial charge in [-0.2, -0.15) is 0 Å². The van der Waals surface area contributed by atoms with Gasteiger partial charge in [-0.15, -0.1) is 11.3 Å². The molecular weight excluding hydrogens is 290 g/mol. The highest BCUT2D eigenvalue weighted by atomic mass is 32.1. The number of ether oxygens (including phenoxy) is 1. The van der Waals surface area contributed by atoms with Gasteiger partial charge in [-0.25, -0.2) is 9.78 Å². The Morgan fingerprint density at radius 3 is 3.14 bits per heavy atom. The minimum absolute atomic E-state index is 0.0368. The van der Waals surface area contributed by atoms with Gasteiger partial charge >= 0.3 is 5.97 Å². The van der Waals surface area contributed by atoms with Crippen molar-refractivity contribution in [3.8, 4) is 0 Å². The van der Waals surface area contributed by atoms with E-state index in [1.807, 2.05) is 0 Å². The number of esters is 1. The van der Waals surface area contributed by atoms with Gasteiger partial charge in [-0.05, 0) is 38.8 Å². The SMILES string of the molecule is CCOC(=O)c1csc(CNC(=O)CCC2CCNC2)n1. The number of hydrogen-bond acceptors (Lipinski definition) is 6. The summed E-state index contributed by atoms with van der Waals surface area (Å²) in [7, 11) is 0. The fourth-order valence-electron chi connectivity index (χ4n) is 2.25. The number of carbonyl (C=O) groups excluding carboxylic acids is 2. The van der Waals surface area contributed by atoms with Crippen molar-refractivity contribution in [1.82, 2.24) is 15.6 Å². The average molecular weight is 311 g/mol. The van der Waals surface area contributed by atoms with Crippen molar-refractivity contribution in [2.24, 2.45) is 5.92 Å². The molecule has 1 fully saturated rings. The van der Waals surface area contributed by atoms with Crippen LogP contribution in [0.25, 0.3) is 0 Å². The van der Waals surface area contributed by atoms with Crippen molar-refractivity contribution >= 4 is 23.2 Å². The van der Waals surface area contributed by atoms with Crippen LogP contribution < -0.4 is 10.6 Å². The van der Waals surface area contributed by atoms with Crippen molar-refractivity contribution in [2.45, 2.75) is 32.7 Å². The largest absolute Gasteiger partial charge is 0.461 e. The Bertz CT molecular complexity index is 484. The Hall–Kier alpha value is -1.47. The van der Waals surface area contributed by atoms with Crippen LogP contribution in [0.2, 0.25) is 0 Å². The second-order valence-corrected chi connectivity index (χ2v) is 5.96. The first kappa shape index (κ1) is 15.9. The topological polar surface area (TPSA) is 80.3 Å². The summed E-state index contributed by atoms with van der Waals surface area (Å²) >= 11 is 1.35. The molecular formula is C14H21N3O3S. The smallest absolute Gasteiger partial charge is 0.357 e. The summed E-state index contributed by atoms with van der Waals surface area (Å²) < 4.78 is 4.87. The van der Waals surface area contributed by atoms with Gasteiger partial charge in [-0.3, -0.25) is 4.79 Å². The summed E-state index contributed by atoms with van der Waals surface area (Å²) in [5.74, 6) is 0.237. The predicted octanol–water partition coefficient (Wildman–Crippen LogP) is 1.33. The van der Waals surface area contributed by atoms with E-state index in [1.54, 1.807) is 12.3 Å². The second-order valence-electron chi connectivity index (χ2n) is 5.02. The molecule has 1 aliphatic rings. The molecule has 2 rings (SSSR count). The van der Waals surface area contributed by atoms with Crippen LogP contribution in [0.4, 0.5) is 0 Å². The van der Waals surface area contributed by atoms with E-state index in [2.05, 4.69) is 15.6 Å². The third-order valence-corrected chi connectivity index (χ3v) is 4.26. The monoisotopic (exact) mass is 311 g/mol. The van der Waals surface area contributed by atoms with E-state index < -0.39 is 5.97 Å². The summed E-state index contributed by atoms with van der Waals surface area (Å²) in [6.07, 6.45) is 2.62. The second kappa shape index (κ2) is 8.09. The van der Waals surface area contributed by atoms with Crippen LogP contribution in [0.5, 0.6) is 0 Å². The molecule has 1 aromatic rings. The average Bonchev–Trinajstić information content (AvgIpc) is 3.14. The highest BCUT2D eigenvalue weighted by Crippen LogP contribution is 2.14. The van der Waals surface area contributed by atoms with Crippen molar-refractivity contribution in [1.29, 1.82) is 0 Å². The fraction of sp³-hybridized carbons (Fsp3) is 0.643. The number of nitrogens with zero attached hydrogens (tertiary/aromatic N) is 1. The number of nitrogens with one attached hydrogen (secondary N) is 2. The van der Waals surface area contributed by atoms with E-state index in [1.165, 1.54) is 11.3 Å². The molecule has 6 nitrogen and oxygen atoms in total. The Balaban J connectivity index is 1.69. The Labute approximate surface area is 128 Å². The minimum atomic E-state index is -0.417. The summed E-state index contributed by atoms with van der Waals surface area (Å²) in [6, 6.07) is 0. The molecule has 0 bridgehead atoms. The maximum Gasteiger partial charge on any atom is 0.357 e. The van der Waals surface area contributed by atoms with E-state index in [0.29, 0.717) is 36.2 Å². The maximum absolute atomic E-state index is 11.8. The van der Waals surface area contributed by atoms with E-state index in [-0.39, 0.29) is 5.91 Å². The van der Waals surface area contributed by atoms with E-state index in [9.17, 15) is 9.59 Å². The van der Waals surface area contributed by atoms with E-state index in [0.717, 1.165) is 25.9 Å². The highest BCUT2D eigenvalue weighted by Gasteiger charge is 2.16. The molecule has 1 atom stereocenters. The van der Waals surface area contributed by atoms with Gasteiger partial charge in [0.1, 0.15) is 5.01 Å². The number of hydrogen-bond donors (Lipinski definition) is 2. The first-order chi connectivity index (χ1) is 10.2. The van der Waals surface area contributed by atoms with Crippen LogP contribution >= 0.6 is 11.3 Å². The number of amides is 1. The zero-order chi connectivity index (χ0) is 15.1. The van der Waals surface area contributed by atoms with Gasteiger partial charge in [0.15, 0.2) is 5.69 Å². The molecule has 1 unspecified atom stereocenters. The van der Waals surface area contributed by atoms with Gasteiger partial charge in [0.25, 0.3) is 0 Å². The van der Waals surface area contributed by atoms with Gasteiger partial charge in [0.2, 0.25) is 5.91 Å². The quantitative estimate of drug-likeness (QED) is 0.743. The standard InChI is InChI=1S/C14H21N3O3S/c1-2-20-14(19)11-9-21-13(17-11)8-16-12(18)4-3-10-5-6-15-7-10/h9-10,15H,2-8H2,1H3,(H,16,18). The predicted molar refractivity (Wildman–Crippen MR) is 80.1 cm³/mol. The van der Waals surface area contributed by atoms with Crippen LogP contribution in [0.15, 0.2) is 5.38 Å². The molecule has 2 heterocycles. The van der Waals surface area contributed by atoms with Crippen molar-refractivity contribution in [2.75, 3.05) is 19.7 Å². The molecule has 116 valence electrons. The molecule has 1 saturated heterocycles. The minimum Gasteiger partial charge on any atom is -0.461 e. The zero-order valence-electron chi connectivity index (χ0n) is 12.2. The first-order valence-electron chi connectivity index (χ1n) is 7.28. The van der Waals surface area contributed by atoms with Crippen molar-refractivity contribution in [3.05, 3.63) is 16.1 Å². The van der Waals surface area contributed by atoms with Crippen LogP contribution in [-0.4, -0.2) is 36.6 Å². The van der Waals surface area contributed by atoms with Crippen LogP contribution in [-0.2, 0) is 16.1 Å². The van der Waals surface area contributed by atoms with Crippen LogP contribution in [0.3, 0.4) is 0 Å². The van der Waals surface area contributed by atoms with E-state index >= 15 is 0 Å². The summed E-state index contributed by atoms with van der Waals surface area (Å²) in [5, 5.41) is 8.51. The molecule has 1 amide bonds. The normalized spacial score (nSPS) is 17.7. The molecule has 2 N–H and O–H groups in total. The third kappa shape index (κ3) is 5.09. The van der Waals surface area contributed by atoms with Crippen LogP contribution in [0.1, 0.15) is 41.7 Å². The molecule has 0 spiro atoms. The lowest BCUT2D eigenvalue weighted by atomic mass is 10.0. The molecule has 0 radical (unpaired) electrons. The lowest BCUT2D eigenvalue weighted by molar-refractivity contribution is -0.121. The molecule has 1 aliphatic heterocycles. The van der Waals surface area contributed by atoms with Crippen molar-refractivity contribution in [3.63, 3.8) is 0 Å². The number of carbonyl (C=O) groups is 2. The molecule has 0 aliphatic carbocycles. The number of rotatable bonds is 7.